The quantitative estimate of drug-likeness (QED) is 0.0321. The lowest BCUT2D eigenvalue weighted by Gasteiger charge is -2.22. The van der Waals surface area contributed by atoms with Crippen LogP contribution in [0.1, 0.15) is 309 Å². The molecule has 0 saturated heterocycles. The van der Waals surface area contributed by atoms with Gasteiger partial charge in [-0.3, -0.25) is 9.59 Å². The van der Waals surface area contributed by atoms with Gasteiger partial charge in [-0.25, -0.2) is 0 Å². The monoisotopic (exact) mass is 902 g/mol. The summed E-state index contributed by atoms with van der Waals surface area (Å²) in [6.07, 6.45) is 64.5. The average molecular weight is 903 g/mol. The largest absolute Gasteiger partial charge is 0.466 e. The summed E-state index contributed by atoms with van der Waals surface area (Å²) in [5.74, 6) is -0.0547. The zero-order valence-corrected chi connectivity index (χ0v) is 43.0. The minimum Gasteiger partial charge on any atom is -0.466 e. The van der Waals surface area contributed by atoms with E-state index < -0.39 is 12.1 Å². The minimum atomic E-state index is -0.673. The Bertz CT molecular complexity index is 997. The molecule has 0 heterocycles. The van der Waals surface area contributed by atoms with Crippen LogP contribution in [0.15, 0.2) is 24.3 Å². The molecule has 6 nitrogen and oxygen atoms in total. The van der Waals surface area contributed by atoms with Crippen molar-refractivity contribution in [1.82, 2.24) is 5.32 Å². The second kappa shape index (κ2) is 54.0. The van der Waals surface area contributed by atoms with E-state index in [2.05, 4.69) is 43.5 Å². The maximum Gasteiger partial charge on any atom is 0.305 e. The molecule has 1 amide bonds. The Labute approximate surface area is 399 Å². The van der Waals surface area contributed by atoms with Crippen LogP contribution >= 0.6 is 0 Å². The molecule has 378 valence electrons. The van der Waals surface area contributed by atoms with Gasteiger partial charge in [-0.05, 0) is 77.0 Å². The van der Waals surface area contributed by atoms with Gasteiger partial charge in [0.15, 0.2) is 0 Å². The van der Waals surface area contributed by atoms with Gasteiger partial charge in [0.25, 0.3) is 0 Å². The molecule has 0 spiro atoms. The van der Waals surface area contributed by atoms with Crippen molar-refractivity contribution in [3.05, 3.63) is 24.3 Å². The van der Waals surface area contributed by atoms with Crippen LogP contribution in [-0.4, -0.2) is 47.4 Å². The number of amides is 1. The van der Waals surface area contributed by atoms with Gasteiger partial charge in [0.05, 0.1) is 25.4 Å². The summed E-state index contributed by atoms with van der Waals surface area (Å²) in [7, 11) is 0. The van der Waals surface area contributed by atoms with Crippen molar-refractivity contribution in [3.63, 3.8) is 0 Å². The number of unbranched alkanes of at least 4 members (excludes halogenated alkanes) is 38. The van der Waals surface area contributed by atoms with E-state index in [1.807, 2.05) is 0 Å². The summed E-state index contributed by atoms with van der Waals surface area (Å²) in [4.78, 5) is 24.5. The van der Waals surface area contributed by atoms with E-state index in [0.717, 1.165) is 57.8 Å². The van der Waals surface area contributed by atoms with Crippen molar-refractivity contribution >= 4 is 11.9 Å². The fourth-order valence-corrected chi connectivity index (χ4v) is 8.81. The molecule has 2 unspecified atom stereocenters. The van der Waals surface area contributed by atoms with Gasteiger partial charge < -0.3 is 20.3 Å². The highest BCUT2D eigenvalue weighted by atomic mass is 16.5. The first-order chi connectivity index (χ1) is 31.5. The lowest BCUT2D eigenvalue weighted by molar-refractivity contribution is -0.143. The molecule has 6 heteroatoms. The number of esters is 1. The van der Waals surface area contributed by atoms with Crippen LogP contribution in [0.4, 0.5) is 0 Å². The smallest absolute Gasteiger partial charge is 0.305 e. The first-order valence-electron chi connectivity index (χ1n) is 28.6. The van der Waals surface area contributed by atoms with Gasteiger partial charge in [0, 0.05) is 12.8 Å². The van der Waals surface area contributed by atoms with E-state index in [9.17, 15) is 19.8 Å². The lowest BCUT2D eigenvalue weighted by atomic mass is 10.0. The molecule has 0 bridgehead atoms. The van der Waals surface area contributed by atoms with Crippen molar-refractivity contribution in [2.24, 2.45) is 0 Å². The van der Waals surface area contributed by atoms with E-state index >= 15 is 0 Å². The van der Waals surface area contributed by atoms with E-state index in [1.165, 1.54) is 218 Å². The molecule has 0 aromatic carbocycles. The number of carbonyl (C=O) groups excluding carboxylic acids is 2. The summed E-state index contributed by atoms with van der Waals surface area (Å²) < 4.78 is 5.45. The van der Waals surface area contributed by atoms with Crippen molar-refractivity contribution < 1.29 is 24.5 Å². The number of hydrogen-bond donors (Lipinski definition) is 3. The second-order valence-electron chi connectivity index (χ2n) is 19.6. The summed E-state index contributed by atoms with van der Waals surface area (Å²) in [6.45, 7) is 4.92. The van der Waals surface area contributed by atoms with Gasteiger partial charge >= 0.3 is 5.97 Å². The van der Waals surface area contributed by atoms with Crippen LogP contribution in [0.5, 0.6) is 0 Å². The second-order valence-corrected chi connectivity index (χ2v) is 19.6. The number of carbonyl (C=O) groups is 2. The van der Waals surface area contributed by atoms with Crippen LogP contribution in [0, 0.1) is 0 Å². The van der Waals surface area contributed by atoms with Crippen LogP contribution in [0.2, 0.25) is 0 Å². The van der Waals surface area contributed by atoms with Crippen LogP contribution in [-0.2, 0) is 14.3 Å². The minimum absolute atomic E-state index is 0.00695. The highest BCUT2D eigenvalue weighted by molar-refractivity contribution is 5.76. The first-order valence-corrected chi connectivity index (χ1v) is 28.6. The fourth-order valence-electron chi connectivity index (χ4n) is 8.81. The normalized spacial score (nSPS) is 12.8. The molecule has 2 atom stereocenters. The van der Waals surface area contributed by atoms with E-state index in [1.54, 1.807) is 0 Å². The number of aliphatic hydroxyl groups excluding tert-OH is 2. The number of nitrogens with one attached hydrogen (secondary N) is 1. The molecule has 0 radical (unpaired) electrons. The van der Waals surface area contributed by atoms with Crippen LogP contribution < -0.4 is 5.32 Å². The third-order valence-electron chi connectivity index (χ3n) is 13.2. The Balaban J connectivity index is 3.46. The van der Waals surface area contributed by atoms with Gasteiger partial charge in [-0.2, -0.15) is 0 Å². The molecule has 0 aliphatic carbocycles. The molecular weight excluding hydrogens is 791 g/mol. The fraction of sp³-hybridized carbons (Fsp3) is 0.897. The van der Waals surface area contributed by atoms with E-state index in [0.29, 0.717) is 25.9 Å². The first kappa shape index (κ1) is 62.3. The van der Waals surface area contributed by atoms with Crippen LogP contribution in [0.25, 0.3) is 0 Å². The highest BCUT2D eigenvalue weighted by Gasteiger charge is 2.20. The lowest BCUT2D eigenvalue weighted by Crippen LogP contribution is -2.45. The summed E-state index contributed by atoms with van der Waals surface area (Å²) in [5.41, 5.74) is 0. The Morgan fingerprint density at radius 3 is 1.14 bits per heavy atom. The average Bonchev–Trinajstić information content (AvgIpc) is 3.29. The van der Waals surface area contributed by atoms with Crippen LogP contribution in [0.3, 0.4) is 0 Å². The molecule has 0 saturated carbocycles. The number of aliphatic hydroxyl groups is 2. The maximum absolute atomic E-state index is 12.5. The maximum atomic E-state index is 12.5. The van der Waals surface area contributed by atoms with Gasteiger partial charge in [-0.15, -0.1) is 0 Å². The predicted molar refractivity (Wildman–Crippen MR) is 278 cm³/mol. The topological polar surface area (TPSA) is 95.9 Å². The third kappa shape index (κ3) is 49.8. The van der Waals surface area contributed by atoms with E-state index in [4.69, 9.17) is 4.74 Å². The predicted octanol–water partition coefficient (Wildman–Crippen LogP) is 17.5. The molecule has 0 aliphatic heterocycles. The zero-order chi connectivity index (χ0) is 46.5. The summed E-state index contributed by atoms with van der Waals surface area (Å²) in [6, 6.07) is -0.551. The molecule has 3 N–H and O–H groups in total. The van der Waals surface area contributed by atoms with E-state index in [-0.39, 0.29) is 18.5 Å². The van der Waals surface area contributed by atoms with Crippen molar-refractivity contribution in [3.8, 4) is 0 Å². The Morgan fingerprint density at radius 2 is 0.734 bits per heavy atom. The highest BCUT2D eigenvalue weighted by Crippen LogP contribution is 2.17. The molecule has 0 aromatic rings. The zero-order valence-electron chi connectivity index (χ0n) is 43.0. The van der Waals surface area contributed by atoms with Gasteiger partial charge in [-0.1, -0.05) is 244 Å². The molecule has 0 aliphatic rings. The SMILES string of the molecule is CCCCC/C=C\CCCCCCCC(=O)OCCCCCCCCCCC/C=C\CCCCCCCC(=O)NC(CO)C(O)CCCCCCCCCCCCCCCCCCC. The number of hydrogen-bond acceptors (Lipinski definition) is 5. The van der Waals surface area contributed by atoms with Gasteiger partial charge in [0.2, 0.25) is 5.91 Å². The van der Waals surface area contributed by atoms with Gasteiger partial charge in [0.1, 0.15) is 0 Å². The summed E-state index contributed by atoms with van der Waals surface area (Å²) >= 11 is 0. The third-order valence-corrected chi connectivity index (χ3v) is 13.2. The van der Waals surface area contributed by atoms with Crippen molar-refractivity contribution in [1.29, 1.82) is 0 Å². The molecule has 0 fully saturated rings. The number of ether oxygens (including phenoxy) is 1. The summed E-state index contributed by atoms with van der Waals surface area (Å²) in [5, 5.41) is 23.3. The number of rotatable bonds is 53. The Morgan fingerprint density at radius 1 is 0.422 bits per heavy atom. The van der Waals surface area contributed by atoms with Crippen molar-refractivity contribution in [2.45, 2.75) is 321 Å². The Hall–Kier alpha value is -1.66. The van der Waals surface area contributed by atoms with Crippen molar-refractivity contribution in [2.75, 3.05) is 13.2 Å². The molecule has 0 rings (SSSR count). The molecular formula is C58H111NO5. The molecule has 0 aromatic heterocycles. The number of allylic oxidation sites excluding steroid dienone is 4. The standard InChI is InChI=1S/C58H111NO5/c1-3-5-7-9-11-13-15-17-18-21-24-27-30-34-38-42-46-50-56(61)55(54-60)59-57(62)51-47-43-39-35-31-28-25-22-19-20-23-26-29-33-37-41-45-49-53-64-58(63)52-48-44-40-36-32-16-14-12-10-8-6-4-2/h12,14,22,25,55-56,60-61H,3-11,13,15-21,23-24,26-54H2,1-2H3,(H,59,62)/b14-12-,25-22-. The molecule has 64 heavy (non-hydrogen) atoms. The Kier molecular flexibility index (Phi) is 52.6.